The predicted molar refractivity (Wildman–Crippen MR) is 90.0 cm³/mol. The van der Waals surface area contributed by atoms with Gasteiger partial charge >= 0.3 is 0 Å². The van der Waals surface area contributed by atoms with Crippen molar-refractivity contribution in [1.82, 2.24) is 4.90 Å². The minimum atomic E-state index is -1.19. The molecule has 0 radical (unpaired) electrons. The first-order chi connectivity index (χ1) is 10.4. The largest absolute Gasteiger partial charge is 0.550 e. The van der Waals surface area contributed by atoms with Gasteiger partial charge in [-0.15, -0.1) is 0 Å². The molecule has 1 aliphatic rings. The third kappa shape index (κ3) is 3.96. The van der Waals surface area contributed by atoms with Gasteiger partial charge in [0.1, 0.15) is 4.32 Å². The molecule has 0 bridgehead atoms. The topological polar surface area (TPSA) is 60.4 Å². The van der Waals surface area contributed by atoms with E-state index in [1.807, 2.05) is 24.3 Å². The number of hydrogen-bond acceptors (Lipinski definition) is 5. The number of carbonyl (C=O) groups excluding carboxylic acids is 2. The molecule has 22 heavy (non-hydrogen) atoms. The molecule has 1 heterocycles. The molecule has 1 aromatic carbocycles. The first-order valence-corrected chi connectivity index (χ1v) is 8.16. The maximum absolute atomic E-state index is 12.2. The highest BCUT2D eigenvalue weighted by Gasteiger charge is 2.31. The number of nitrogens with zero attached hydrogens (tertiary/aromatic N) is 1. The Bertz CT molecular complexity index is 635. The van der Waals surface area contributed by atoms with Gasteiger partial charge in [-0.25, -0.2) is 0 Å². The Morgan fingerprint density at radius 1 is 1.36 bits per heavy atom. The minimum Gasteiger partial charge on any atom is -0.550 e. The number of hydrogen-bond donors (Lipinski definition) is 0. The van der Waals surface area contributed by atoms with Crippen LogP contribution >= 0.6 is 24.0 Å². The van der Waals surface area contributed by atoms with Crippen molar-refractivity contribution in [3.05, 3.63) is 40.3 Å². The van der Waals surface area contributed by atoms with Crippen LogP contribution in [0.2, 0.25) is 0 Å². The summed E-state index contributed by atoms with van der Waals surface area (Å²) in [4.78, 5) is 24.6. The third-order valence-corrected chi connectivity index (χ3v) is 4.69. The van der Waals surface area contributed by atoms with Gasteiger partial charge in [0.15, 0.2) is 0 Å². The van der Waals surface area contributed by atoms with Crippen LogP contribution in [0.5, 0.6) is 0 Å². The van der Waals surface area contributed by atoms with E-state index in [9.17, 15) is 14.7 Å². The highest BCUT2D eigenvalue weighted by Crippen LogP contribution is 2.32. The maximum atomic E-state index is 12.2. The Kier molecular flexibility index (Phi) is 5.37. The van der Waals surface area contributed by atoms with E-state index in [0.717, 1.165) is 5.56 Å². The first-order valence-electron chi connectivity index (χ1n) is 6.93. The zero-order valence-electron chi connectivity index (χ0n) is 12.4. The van der Waals surface area contributed by atoms with Gasteiger partial charge in [-0.3, -0.25) is 9.69 Å². The van der Waals surface area contributed by atoms with Gasteiger partial charge in [-0.2, -0.15) is 0 Å². The molecule has 1 aromatic rings. The number of benzene rings is 1. The molecule has 1 saturated heterocycles. The van der Waals surface area contributed by atoms with Gasteiger partial charge in [-0.05, 0) is 23.1 Å². The zero-order chi connectivity index (χ0) is 16.3. The zero-order valence-corrected chi connectivity index (χ0v) is 14.0. The molecular formula is C16H16NO3S2-. The predicted octanol–water partition coefficient (Wildman–Crippen LogP) is 2.15. The van der Waals surface area contributed by atoms with E-state index in [2.05, 4.69) is 13.8 Å². The summed E-state index contributed by atoms with van der Waals surface area (Å²) in [5, 5.41) is 10.5. The van der Waals surface area contributed by atoms with Crippen LogP contribution in [0.3, 0.4) is 0 Å². The molecular weight excluding hydrogens is 318 g/mol. The number of carboxylic acid groups (broad SMARTS) is 1. The van der Waals surface area contributed by atoms with Gasteiger partial charge in [0.25, 0.3) is 5.91 Å². The molecule has 0 aliphatic carbocycles. The molecule has 0 unspecified atom stereocenters. The van der Waals surface area contributed by atoms with E-state index in [4.69, 9.17) is 12.2 Å². The minimum absolute atomic E-state index is 0.0522. The number of carboxylic acids is 1. The first kappa shape index (κ1) is 16.7. The lowest BCUT2D eigenvalue weighted by atomic mass is 10.0. The van der Waals surface area contributed by atoms with Crippen molar-refractivity contribution in [1.29, 1.82) is 0 Å². The Morgan fingerprint density at radius 3 is 2.55 bits per heavy atom. The van der Waals surface area contributed by atoms with Crippen molar-refractivity contribution in [3.63, 3.8) is 0 Å². The quantitative estimate of drug-likeness (QED) is 0.610. The van der Waals surface area contributed by atoms with Crippen LogP contribution in [0.15, 0.2) is 29.2 Å². The van der Waals surface area contributed by atoms with Crippen molar-refractivity contribution >= 4 is 46.3 Å². The van der Waals surface area contributed by atoms with Crippen LogP contribution in [-0.4, -0.2) is 27.6 Å². The van der Waals surface area contributed by atoms with E-state index < -0.39 is 5.97 Å². The Morgan fingerprint density at radius 2 is 2.00 bits per heavy atom. The Hall–Kier alpha value is -1.66. The van der Waals surface area contributed by atoms with Gasteiger partial charge < -0.3 is 9.90 Å². The Balaban J connectivity index is 2.13. The number of amides is 1. The molecule has 0 saturated carbocycles. The molecule has 0 aromatic heterocycles. The van der Waals surface area contributed by atoms with Crippen molar-refractivity contribution < 1.29 is 14.7 Å². The van der Waals surface area contributed by atoms with Crippen LogP contribution in [0.25, 0.3) is 6.08 Å². The van der Waals surface area contributed by atoms with Crippen LogP contribution in [0.4, 0.5) is 0 Å². The molecule has 0 N–H and O–H groups in total. The van der Waals surface area contributed by atoms with Gasteiger partial charge in [0.05, 0.1) is 4.91 Å². The number of aliphatic carboxylic acids is 1. The van der Waals surface area contributed by atoms with Crippen LogP contribution in [-0.2, 0) is 9.59 Å². The lowest BCUT2D eigenvalue weighted by Crippen LogP contribution is -2.33. The van der Waals surface area contributed by atoms with E-state index in [1.54, 1.807) is 6.08 Å². The average Bonchev–Trinajstić information content (AvgIpc) is 2.72. The van der Waals surface area contributed by atoms with Crippen LogP contribution in [0.1, 0.15) is 37.3 Å². The van der Waals surface area contributed by atoms with Crippen molar-refractivity contribution in [2.45, 2.75) is 26.2 Å². The van der Waals surface area contributed by atoms with Gasteiger partial charge in [-0.1, -0.05) is 62.1 Å². The van der Waals surface area contributed by atoms with Gasteiger partial charge in [0.2, 0.25) is 0 Å². The lowest BCUT2D eigenvalue weighted by Gasteiger charge is -2.14. The molecule has 0 atom stereocenters. The third-order valence-electron chi connectivity index (χ3n) is 3.31. The van der Waals surface area contributed by atoms with E-state index in [1.165, 1.54) is 22.2 Å². The summed E-state index contributed by atoms with van der Waals surface area (Å²) < 4.78 is 0.385. The number of carbonyl (C=O) groups is 2. The second-order valence-corrected chi connectivity index (χ2v) is 6.95. The highest BCUT2D eigenvalue weighted by molar-refractivity contribution is 8.26. The van der Waals surface area contributed by atoms with Crippen molar-refractivity contribution in [3.8, 4) is 0 Å². The van der Waals surface area contributed by atoms with Crippen molar-refractivity contribution in [2.75, 3.05) is 6.54 Å². The Labute approximate surface area is 139 Å². The average molecular weight is 334 g/mol. The SMILES string of the molecule is CC(C)c1ccc(/C=C2\SC(=S)N(CCC(=O)[O-])C2=O)cc1. The summed E-state index contributed by atoms with van der Waals surface area (Å²) in [5.74, 6) is -0.983. The summed E-state index contributed by atoms with van der Waals surface area (Å²) >= 11 is 6.33. The summed E-state index contributed by atoms with van der Waals surface area (Å²) in [6.07, 6.45) is 1.56. The second kappa shape index (κ2) is 7.07. The molecule has 116 valence electrons. The highest BCUT2D eigenvalue weighted by atomic mass is 32.2. The number of thiocarbonyl (C=S) groups is 1. The molecule has 1 aliphatic heterocycles. The molecule has 6 heteroatoms. The normalized spacial score (nSPS) is 16.9. The fourth-order valence-corrected chi connectivity index (χ4v) is 3.33. The number of rotatable bonds is 5. The smallest absolute Gasteiger partial charge is 0.266 e. The standard InChI is InChI=1S/C16H17NO3S2/c1-10(2)12-5-3-11(4-6-12)9-13-15(20)17(16(21)22-13)8-7-14(18)19/h3-6,9-10H,7-8H2,1-2H3,(H,18,19)/p-1/b13-9-. The fourth-order valence-electron chi connectivity index (χ4n) is 2.02. The van der Waals surface area contributed by atoms with Crippen LogP contribution < -0.4 is 5.11 Å². The van der Waals surface area contributed by atoms with Crippen LogP contribution in [0, 0.1) is 0 Å². The monoisotopic (exact) mass is 334 g/mol. The summed E-state index contributed by atoms with van der Waals surface area (Å²) in [6, 6.07) is 7.99. The van der Waals surface area contributed by atoms with E-state index >= 15 is 0 Å². The van der Waals surface area contributed by atoms with Crippen molar-refractivity contribution in [2.24, 2.45) is 0 Å². The fraction of sp³-hybridized carbons (Fsp3) is 0.312. The second-order valence-electron chi connectivity index (χ2n) is 5.28. The van der Waals surface area contributed by atoms with E-state index in [0.29, 0.717) is 15.1 Å². The maximum Gasteiger partial charge on any atom is 0.266 e. The summed E-state index contributed by atoms with van der Waals surface area (Å²) in [7, 11) is 0. The lowest BCUT2D eigenvalue weighted by molar-refractivity contribution is -0.305. The van der Waals surface area contributed by atoms with Gasteiger partial charge in [0, 0.05) is 18.9 Å². The number of thioether (sulfide) groups is 1. The molecule has 4 nitrogen and oxygen atoms in total. The van der Waals surface area contributed by atoms with E-state index in [-0.39, 0.29) is 18.9 Å². The molecule has 0 spiro atoms. The summed E-state index contributed by atoms with van der Waals surface area (Å²) in [5.41, 5.74) is 2.16. The molecule has 1 amide bonds. The summed E-state index contributed by atoms with van der Waals surface area (Å²) in [6.45, 7) is 4.30. The molecule has 1 fully saturated rings. The molecule has 2 rings (SSSR count).